The number of rotatable bonds is 5. The molecule has 0 fully saturated rings. The van der Waals surface area contributed by atoms with Crippen molar-refractivity contribution in [2.75, 3.05) is 32.2 Å². The van der Waals surface area contributed by atoms with Gasteiger partial charge < -0.3 is 9.64 Å². The minimum atomic E-state index is 0.272. The topological polar surface area (TPSA) is 38.2 Å². The van der Waals surface area contributed by atoms with Crippen LogP contribution < -0.4 is 4.90 Å². The van der Waals surface area contributed by atoms with Crippen molar-refractivity contribution in [2.24, 2.45) is 0 Å². The first-order valence-corrected chi connectivity index (χ1v) is 6.68. The molecule has 1 unspecified atom stereocenters. The summed E-state index contributed by atoms with van der Waals surface area (Å²) in [6, 6.07) is 8.13. The summed E-state index contributed by atoms with van der Waals surface area (Å²) in [5.41, 5.74) is 0. The Labute approximate surface area is 115 Å². The van der Waals surface area contributed by atoms with Gasteiger partial charge in [-0.05, 0) is 0 Å². The average Bonchev–Trinajstić information content (AvgIpc) is 2.38. The minimum absolute atomic E-state index is 0.272. The molecule has 1 aromatic heterocycles. The maximum atomic E-state index is 5.12. The van der Waals surface area contributed by atoms with Gasteiger partial charge >= 0.3 is 0 Å². The highest BCUT2D eigenvalue weighted by Gasteiger charge is 2.12. The molecule has 0 bridgehead atoms. The van der Waals surface area contributed by atoms with Crippen LogP contribution in [0.4, 0.5) is 5.82 Å². The van der Waals surface area contributed by atoms with Crippen molar-refractivity contribution in [3.8, 4) is 0 Å². The molecule has 0 aliphatic rings. The number of fused-ring (bicyclic) bond motifs is 1. The average molecular weight is 310 g/mol. The number of halogens is 1. The summed E-state index contributed by atoms with van der Waals surface area (Å²) in [5.74, 6) is 0.897. The van der Waals surface area contributed by atoms with Gasteiger partial charge in [0.1, 0.15) is 0 Å². The first-order valence-electron chi connectivity index (χ1n) is 5.77. The van der Waals surface area contributed by atoms with Crippen molar-refractivity contribution in [1.82, 2.24) is 10.2 Å². The van der Waals surface area contributed by atoms with E-state index in [0.717, 1.165) is 23.1 Å². The maximum Gasteiger partial charge on any atom is 0.158 e. The van der Waals surface area contributed by atoms with Crippen LogP contribution in [-0.2, 0) is 4.74 Å². The van der Waals surface area contributed by atoms with E-state index in [9.17, 15) is 0 Å². The lowest BCUT2D eigenvalue weighted by molar-refractivity contribution is 0.201. The molecule has 1 atom stereocenters. The van der Waals surface area contributed by atoms with Gasteiger partial charge in [0.25, 0.3) is 0 Å². The second-order valence-corrected chi connectivity index (χ2v) is 5.48. The smallest absolute Gasteiger partial charge is 0.158 e. The Morgan fingerprint density at radius 3 is 2.94 bits per heavy atom. The molecule has 1 heterocycles. The van der Waals surface area contributed by atoms with Gasteiger partial charge in [-0.3, -0.25) is 0 Å². The number of alkyl halides is 1. The Hall–Kier alpha value is -1.20. The van der Waals surface area contributed by atoms with E-state index in [1.165, 1.54) is 0 Å². The second-order valence-electron chi connectivity index (χ2n) is 4.19. The van der Waals surface area contributed by atoms with Crippen LogP contribution in [0, 0.1) is 0 Å². The number of methoxy groups -OCH3 is 1. The van der Waals surface area contributed by atoms with Gasteiger partial charge in [0.15, 0.2) is 5.82 Å². The molecule has 0 aliphatic carbocycles. The van der Waals surface area contributed by atoms with Crippen LogP contribution in [0.15, 0.2) is 30.5 Å². The number of anilines is 1. The molecule has 0 amide bonds. The molecule has 0 radical (unpaired) electrons. The SMILES string of the molecule is COCC(Br)CN(C)c1nncc2ccccc12. The fraction of sp³-hybridized carbons (Fsp3) is 0.385. The molecular weight excluding hydrogens is 294 g/mol. The van der Waals surface area contributed by atoms with E-state index < -0.39 is 0 Å². The fourth-order valence-corrected chi connectivity index (χ4v) is 2.61. The number of hydrogen-bond donors (Lipinski definition) is 0. The van der Waals surface area contributed by atoms with Gasteiger partial charge in [-0.15, -0.1) is 5.10 Å². The molecule has 1 aromatic carbocycles. The van der Waals surface area contributed by atoms with Crippen LogP contribution in [0.1, 0.15) is 0 Å². The quantitative estimate of drug-likeness (QED) is 0.795. The normalized spacial score (nSPS) is 12.6. The van der Waals surface area contributed by atoms with Crippen LogP contribution in [-0.4, -0.2) is 42.3 Å². The molecular formula is C13H16BrN3O. The van der Waals surface area contributed by atoms with E-state index in [2.05, 4.69) is 37.1 Å². The standard InChI is InChI=1S/C13H16BrN3O/c1-17(8-11(14)9-18-2)13-12-6-4-3-5-10(12)7-15-16-13/h3-7,11H,8-9H2,1-2H3. The molecule has 0 aliphatic heterocycles. The Balaban J connectivity index is 2.24. The number of aromatic nitrogens is 2. The van der Waals surface area contributed by atoms with Gasteiger partial charge in [-0.1, -0.05) is 40.2 Å². The van der Waals surface area contributed by atoms with Gasteiger partial charge in [0, 0.05) is 31.5 Å². The zero-order chi connectivity index (χ0) is 13.0. The lowest BCUT2D eigenvalue weighted by atomic mass is 10.2. The Bertz CT molecular complexity index is 515. The minimum Gasteiger partial charge on any atom is -0.383 e. The summed E-state index contributed by atoms with van der Waals surface area (Å²) in [6.07, 6.45) is 1.79. The monoisotopic (exact) mass is 309 g/mol. The second kappa shape index (κ2) is 6.11. The molecule has 5 heteroatoms. The lowest BCUT2D eigenvalue weighted by Gasteiger charge is -2.21. The van der Waals surface area contributed by atoms with E-state index >= 15 is 0 Å². The third kappa shape index (κ3) is 2.97. The van der Waals surface area contributed by atoms with Crippen LogP contribution in [0.25, 0.3) is 10.8 Å². The molecule has 0 saturated carbocycles. The summed E-state index contributed by atoms with van der Waals surface area (Å²) in [6.45, 7) is 1.49. The van der Waals surface area contributed by atoms with Crippen LogP contribution in [0.5, 0.6) is 0 Å². The van der Waals surface area contributed by atoms with E-state index in [1.54, 1.807) is 13.3 Å². The highest BCUT2D eigenvalue weighted by molar-refractivity contribution is 9.09. The molecule has 0 N–H and O–H groups in total. The fourth-order valence-electron chi connectivity index (χ4n) is 1.91. The van der Waals surface area contributed by atoms with Crippen molar-refractivity contribution >= 4 is 32.5 Å². The third-order valence-corrected chi connectivity index (χ3v) is 3.29. The zero-order valence-electron chi connectivity index (χ0n) is 10.5. The van der Waals surface area contributed by atoms with E-state index in [0.29, 0.717) is 6.61 Å². The summed E-state index contributed by atoms with van der Waals surface area (Å²) in [5, 5.41) is 10.5. The maximum absolute atomic E-state index is 5.12. The molecule has 96 valence electrons. The summed E-state index contributed by atoms with van der Waals surface area (Å²) in [7, 11) is 3.71. The Morgan fingerprint density at radius 1 is 1.39 bits per heavy atom. The Kier molecular flexibility index (Phi) is 4.49. The molecule has 0 saturated heterocycles. The first-order chi connectivity index (χ1) is 8.72. The summed E-state index contributed by atoms with van der Waals surface area (Å²) in [4.78, 5) is 2.36. The number of ether oxygens (including phenoxy) is 1. The molecule has 0 spiro atoms. The van der Waals surface area contributed by atoms with Crippen molar-refractivity contribution < 1.29 is 4.74 Å². The summed E-state index contributed by atoms with van der Waals surface area (Å²) < 4.78 is 5.12. The first kappa shape index (κ1) is 13.2. The Morgan fingerprint density at radius 2 is 2.17 bits per heavy atom. The number of hydrogen-bond acceptors (Lipinski definition) is 4. The van der Waals surface area contributed by atoms with E-state index in [-0.39, 0.29) is 4.83 Å². The highest BCUT2D eigenvalue weighted by atomic mass is 79.9. The van der Waals surface area contributed by atoms with Crippen LogP contribution in [0.2, 0.25) is 0 Å². The van der Waals surface area contributed by atoms with Crippen LogP contribution >= 0.6 is 15.9 Å². The van der Waals surface area contributed by atoms with E-state index in [4.69, 9.17) is 4.74 Å². The van der Waals surface area contributed by atoms with Gasteiger partial charge in [0.2, 0.25) is 0 Å². The van der Waals surface area contributed by atoms with Crippen LogP contribution in [0.3, 0.4) is 0 Å². The lowest BCUT2D eigenvalue weighted by Crippen LogP contribution is -2.29. The zero-order valence-corrected chi connectivity index (χ0v) is 12.1. The molecule has 4 nitrogen and oxygen atoms in total. The van der Waals surface area contributed by atoms with Crippen molar-refractivity contribution in [2.45, 2.75) is 4.83 Å². The van der Waals surface area contributed by atoms with E-state index in [1.807, 2.05) is 25.2 Å². The highest BCUT2D eigenvalue weighted by Crippen LogP contribution is 2.22. The number of nitrogens with zero attached hydrogens (tertiary/aromatic N) is 3. The van der Waals surface area contributed by atoms with Gasteiger partial charge in [-0.2, -0.15) is 5.10 Å². The van der Waals surface area contributed by atoms with Crippen molar-refractivity contribution in [3.05, 3.63) is 30.5 Å². The van der Waals surface area contributed by atoms with Gasteiger partial charge in [0.05, 0.1) is 17.6 Å². The summed E-state index contributed by atoms with van der Waals surface area (Å²) >= 11 is 3.59. The molecule has 2 rings (SSSR count). The van der Waals surface area contributed by atoms with Gasteiger partial charge in [-0.25, -0.2) is 0 Å². The third-order valence-electron chi connectivity index (χ3n) is 2.73. The number of benzene rings is 1. The molecule has 2 aromatic rings. The van der Waals surface area contributed by atoms with Crippen molar-refractivity contribution in [3.63, 3.8) is 0 Å². The van der Waals surface area contributed by atoms with Crippen molar-refractivity contribution in [1.29, 1.82) is 0 Å². The predicted molar refractivity (Wildman–Crippen MR) is 77.4 cm³/mol. The predicted octanol–water partition coefficient (Wildman–Crippen LogP) is 2.48. The molecule has 18 heavy (non-hydrogen) atoms. The largest absolute Gasteiger partial charge is 0.383 e.